The molecule has 0 amide bonds. The van der Waals surface area contributed by atoms with E-state index >= 15 is 8.78 Å². The van der Waals surface area contributed by atoms with Gasteiger partial charge in [0, 0.05) is 65.4 Å². The molecule has 0 fully saturated rings. The number of halogens is 2. The van der Waals surface area contributed by atoms with Gasteiger partial charge < -0.3 is 37.6 Å². The Morgan fingerprint density at radius 3 is 1.29 bits per heavy atom. The van der Waals surface area contributed by atoms with E-state index in [2.05, 4.69) is 125 Å². The lowest BCUT2D eigenvalue weighted by Crippen LogP contribution is -2.41. The van der Waals surface area contributed by atoms with E-state index < -0.39 is 34.2 Å². The van der Waals surface area contributed by atoms with Gasteiger partial charge in [0.15, 0.2) is 16.6 Å². The summed E-state index contributed by atoms with van der Waals surface area (Å²) in [4.78, 5) is 12.8. The van der Waals surface area contributed by atoms with Gasteiger partial charge in [0.25, 0.3) is 0 Å². The molecule has 0 spiro atoms. The first-order valence-corrected chi connectivity index (χ1v) is 38.3. The monoisotopic (exact) mass is 1260 g/mol. The van der Waals surface area contributed by atoms with E-state index in [1.807, 2.05) is 52.0 Å². The minimum atomic E-state index is -2.00. The first-order chi connectivity index (χ1) is 42.0. The van der Waals surface area contributed by atoms with E-state index in [4.69, 9.17) is 32.5 Å². The number of hydrogen-bond acceptors (Lipinski definition) is 9. The van der Waals surface area contributed by atoms with Gasteiger partial charge in [-0.25, -0.2) is 13.6 Å². The van der Waals surface area contributed by atoms with Gasteiger partial charge in [-0.15, -0.1) is 0 Å². The molecule has 0 radical (unpaired) electrons. The molecule has 486 valence electrons. The fourth-order valence-corrected chi connectivity index (χ4v) is 11.7. The lowest BCUT2D eigenvalue weighted by atomic mass is 9.96. The van der Waals surface area contributed by atoms with Crippen LogP contribution in [0.25, 0.3) is 44.5 Å². The van der Waals surface area contributed by atoms with Crippen LogP contribution in [-0.4, -0.2) is 79.6 Å². The van der Waals surface area contributed by atoms with Gasteiger partial charge in [-0.1, -0.05) is 160 Å². The third-order valence-corrected chi connectivity index (χ3v) is 26.3. The fourth-order valence-electron chi connectivity index (χ4n) is 9.63. The maximum absolute atomic E-state index is 16.0. The number of esters is 1. The Kier molecular flexibility index (Phi) is 28.6. The molecule has 2 atom stereocenters. The molecule has 89 heavy (non-hydrogen) atoms. The van der Waals surface area contributed by atoms with Crippen LogP contribution >= 0.6 is 0 Å². The number of carbonyl (C=O) groups is 1. The van der Waals surface area contributed by atoms with Crippen LogP contribution in [-0.2, 0) is 48.8 Å². The summed E-state index contributed by atoms with van der Waals surface area (Å²) in [6, 6.07) is 34.0. The lowest BCUT2D eigenvalue weighted by molar-refractivity contribution is -0.130. The molecule has 0 bridgehead atoms. The number of phenols is 1. The van der Waals surface area contributed by atoms with Crippen molar-refractivity contribution in [1.82, 2.24) is 0 Å². The first-order valence-electron chi connectivity index (χ1n) is 32.5. The zero-order valence-electron chi connectivity index (χ0n) is 57.0. The van der Waals surface area contributed by atoms with Crippen molar-refractivity contribution >= 4 is 22.6 Å². The van der Waals surface area contributed by atoms with Gasteiger partial charge in [-0.2, -0.15) is 0 Å². The minimum Gasteiger partial charge on any atom is -0.507 e. The van der Waals surface area contributed by atoms with Crippen molar-refractivity contribution in [2.24, 2.45) is 0 Å². The van der Waals surface area contributed by atoms with E-state index in [1.54, 1.807) is 49.4 Å². The molecule has 6 aromatic carbocycles. The number of ether oxygens (including phenoxy) is 5. The van der Waals surface area contributed by atoms with Crippen LogP contribution < -0.4 is 14.2 Å². The van der Waals surface area contributed by atoms with E-state index in [0.717, 1.165) is 52.6 Å². The number of phenolic OH excluding ortho intramolecular Hbond substituents is 1. The highest BCUT2D eigenvalue weighted by Gasteiger charge is 2.38. The molecule has 1 N–H and O–H groups in total. The maximum Gasteiger partial charge on any atom is 0.338 e. The maximum atomic E-state index is 16.0. The van der Waals surface area contributed by atoms with Crippen LogP contribution in [0.5, 0.6) is 23.0 Å². The number of hydrogen-bond donors (Lipinski definition) is 1. The van der Waals surface area contributed by atoms with E-state index in [1.165, 1.54) is 49.3 Å². The summed E-state index contributed by atoms with van der Waals surface area (Å²) in [7, 11) is -3.93. The molecule has 0 aliphatic carbocycles. The Balaban J connectivity index is 0.000000326. The number of unbranched alkanes of at least 4 members (excludes halogenated alkanes) is 4. The normalized spacial score (nSPS) is 12.7. The van der Waals surface area contributed by atoms with E-state index in [0.29, 0.717) is 86.2 Å². The van der Waals surface area contributed by atoms with Crippen molar-refractivity contribution in [1.29, 1.82) is 0 Å². The zero-order valence-corrected chi connectivity index (χ0v) is 59.0. The molecule has 0 heterocycles. The summed E-state index contributed by atoms with van der Waals surface area (Å²) in [5.74, 6) is 0.0453. The summed E-state index contributed by atoms with van der Waals surface area (Å²) < 4.78 is 74.2. The van der Waals surface area contributed by atoms with Gasteiger partial charge in [-0.3, -0.25) is 0 Å². The number of aryl methyl sites for hydroxylation is 2. The smallest absolute Gasteiger partial charge is 0.338 e. The molecule has 6 aromatic rings. The van der Waals surface area contributed by atoms with Crippen LogP contribution in [0.4, 0.5) is 8.78 Å². The van der Waals surface area contributed by atoms with Gasteiger partial charge in [0.2, 0.25) is 0 Å². The van der Waals surface area contributed by atoms with Gasteiger partial charge in [-0.05, 0) is 179 Å². The predicted molar refractivity (Wildman–Crippen MR) is 370 cm³/mol. The van der Waals surface area contributed by atoms with Crippen LogP contribution in [0.3, 0.4) is 0 Å². The van der Waals surface area contributed by atoms with Gasteiger partial charge >= 0.3 is 5.97 Å². The Bertz CT molecular complexity index is 3200. The lowest BCUT2D eigenvalue weighted by Gasteiger charge is -2.36. The number of aromatic hydroxyl groups is 1. The van der Waals surface area contributed by atoms with Crippen molar-refractivity contribution in [2.75, 3.05) is 39.6 Å². The Morgan fingerprint density at radius 1 is 0.517 bits per heavy atom. The van der Waals surface area contributed by atoms with E-state index in [-0.39, 0.29) is 39.4 Å². The highest BCUT2D eigenvalue weighted by atomic mass is 28.4. The molecule has 0 aliphatic rings. The van der Waals surface area contributed by atoms with Crippen molar-refractivity contribution < 1.29 is 51.2 Å². The van der Waals surface area contributed by atoms with Crippen molar-refractivity contribution in [3.8, 4) is 67.5 Å². The van der Waals surface area contributed by atoms with Gasteiger partial charge in [0.05, 0.1) is 12.2 Å². The molecular formula is C76H106F2O9Si2. The highest BCUT2D eigenvalue weighted by Crippen LogP contribution is 2.43. The molecule has 0 saturated carbocycles. The molecule has 9 nitrogen and oxygen atoms in total. The van der Waals surface area contributed by atoms with Crippen molar-refractivity contribution in [2.45, 2.75) is 203 Å². The van der Waals surface area contributed by atoms with E-state index in [9.17, 15) is 9.90 Å². The average molecular weight is 1260 g/mol. The SMILES string of the molecule is C=C(C)C(=O)Oc1cc(CCO[Si](C)(C)C(C)(C)C)c(OCC(C)OCC)cc1-c1ccc(-c2ccc(CCCCC)cc2)cc1F.CCCCCc1ccc(-c2ccc(-c3cc(OCC(C)OCC)c(CCO[Si](C)(C)C(C)(C)C)cc3O)c(F)c2)cc1. The third kappa shape index (κ3) is 22.2. The van der Waals surface area contributed by atoms with Crippen LogP contribution in [0.15, 0.2) is 121 Å². The number of benzene rings is 6. The predicted octanol–water partition coefficient (Wildman–Crippen LogP) is 20.7. The van der Waals surface area contributed by atoms with Crippen LogP contribution in [0.1, 0.15) is 151 Å². The average Bonchev–Trinajstić information content (AvgIpc) is 1.90. The molecule has 0 aliphatic heterocycles. The number of rotatable bonds is 32. The van der Waals surface area contributed by atoms with Crippen LogP contribution in [0, 0.1) is 11.6 Å². The zero-order chi connectivity index (χ0) is 65.7. The second-order valence-corrected chi connectivity index (χ2v) is 36.3. The second kappa shape index (κ2) is 34.5. The van der Waals surface area contributed by atoms with Crippen LogP contribution in [0.2, 0.25) is 36.3 Å². The van der Waals surface area contributed by atoms with Gasteiger partial charge in [0.1, 0.15) is 47.8 Å². The summed E-state index contributed by atoms with van der Waals surface area (Å²) in [5.41, 5.74) is 9.40. The topological polar surface area (TPSA) is 102 Å². The summed E-state index contributed by atoms with van der Waals surface area (Å²) in [6.07, 6.45) is 10.1. The third-order valence-electron chi connectivity index (χ3n) is 17.3. The summed E-state index contributed by atoms with van der Waals surface area (Å²) in [5, 5.41) is 11.2. The summed E-state index contributed by atoms with van der Waals surface area (Å²) >= 11 is 0. The summed E-state index contributed by atoms with van der Waals surface area (Å²) in [6.45, 7) is 42.5. The molecule has 0 aromatic heterocycles. The van der Waals surface area contributed by atoms with Crippen molar-refractivity contribution in [3.63, 3.8) is 0 Å². The quantitative estimate of drug-likeness (QED) is 0.0145. The molecule has 6 rings (SSSR count). The fraction of sp³-hybridized carbons (Fsp3) is 0.487. The minimum absolute atomic E-state index is 0.0191. The Labute approximate surface area is 536 Å². The molecule has 0 saturated heterocycles. The first kappa shape index (κ1) is 73.8. The molecular weight excluding hydrogens is 1150 g/mol. The second-order valence-electron chi connectivity index (χ2n) is 26.7. The number of carbonyl (C=O) groups excluding carboxylic acids is 1. The largest absolute Gasteiger partial charge is 0.507 e. The molecule has 2 unspecified atom stereocenters. The molecule has 13 heteroatoms. The Hall–Kier alpha value is -5.94. The Morgan fingerprint density at radius 2 is 0.910 bits per heavy atom. The standard InChI is InChI=1S/C40H55FO5Si.C36H51FO4Si/c1-11-13-14-15-30-16-18-31(19-17-30)32-20-21-34(36(41)24-32)35-26-37(44-27-29(5)43-12-2)33(25-38(35)46-39(42)28(3)4)22-23-45-47(9,10)40(6,7)8;1-9-11-12-13-27-14-16-28(17-15-27)29-18-19-31(33(37)22-29)32-24-35(40-25-26(3)39-10-2)30(23-34(32)38)20-21-41-42(7,8)36(4,5)6/h16-21,24-26,29H,3,11-15,22-23,27H2,1-2,4-10H3;14-19,22-24,26,38H,9-13,20-21,25H2,1-8H3. The van der Waals surface area contributed by atoms with Crippen molar-refractivity contribution in [3.05, 3.63) is 155 Å². The highest BCUT2D eigenvalue weighted by molar-refractivity contribution is 6.74.